The molecule has 0 aliphatic rings. The Bertz CT molecular complexity index is 404. The van der Waals surface area contributed by atoms with Crippen molar-refractivity contribution < 1.29 is 19.1 Å². The SMILES string of the molecule is COc1ccc(C=CC(=O)OC(C)=O)cc1. The first-order chi connectivity index (χ1) is 7.61. The van der Waals surface area contributed by atoms with Gasteiger partial charge >= 0.3 is 11.9 Å². The van der Waals surface area contributed by atoms with Crippen LogP contribution < -0.4 is 4.74 Å². The summed E-state index contributed by atoms with van der Waals surface area (Å²) in [4.78, 5) is 21.5. The number of methoxy groups -OCH3 is 1. The molecule has 84 valence electrons. The summed E-state index contributed by atoms with van der Waals surface area (Å²) in [5.41, 5.74) is 0.821. The van der Waals surface area contributed by atoms with E-state index in [4.69, 9.17) is 4.74 Å². The Morgan fingerprint density at radius 1 is 1.19 bits per heavy atom. The van der Waals surface area contributed by atoms with Crippen molar-refractivity contribution in [3.8, 4) is 5.75 Å². The zero-order valence-electron chi connectivity index (χ0n) is 9.10. The van der Waals surface area contributed by atoms with Gasteiger partial charge in [-0.15, -0.1) is 0 Å². The fourth-order valence-electron chi connectivity index (χ4n) is 1.05. The lowest BCUT2D eigenvalue weighted by Gasteiger charge is -1.98. The molecule has 0 bridgehead atoms. The van der Waals surface area contributed by atoms with Gasteiger partial charge in [-0.05, 0) is 23.8 Å². The minimum absolute atomic E-state index is 0.621. The number of benzene rings is 1. The van der Waals surface area contributed by atoms with E-state index in [9.17, 15) is 9.59 Å². The summed E-state index contributed by atoms with van der Waals surface area (Å²) in [5.74, 6) is -0.559. The van der Waals surface area contributed by atoms with Gasteiger partial charge in [-0.2, -0.15) is 0 Å². The predicted molar refractivity (Wildman–Crippen MR) is 58.8 cm³/mol. The molecular weight excluding hydrogens is 208 g/mol. The average molecular weight is 220 g/mol. The van der Waals surface area contributed by atoms with E-state index >= 15 is 0 Å². The second kappa shape index (κ2) is 5.70. The van der Waals surface area contributed by atoms with E-state index in [1.54, 1.807) is 37.5 Å². The number of esters is 2. The molecule has 1 aromatic carbocycles. The molecule has 1 aromatic rings. The molecule has 0 atom stereocenters. The Morgan fingerprint density at radius 3 is 2.31 bits per heavy atom. The lowest BCUT2D eigenvalue weighted by molar-refractivity contribution is -0.154. The molecule has 0 aromatic heterocycles. The summed E-state index contributed by atoms with van der Waals surface area (Å²) in [5, 5.41) is 0. The van der Waals surface area contributed by atoms with Crippen molar-refractivity contribution >= 4 is 18.0 Å². The number of rotatable bonds is 3. The average Bonchev–Trinajstić information content (AvgIpc) is 2.26. The van der Waals surface area contributed by atoms with E-state index in [-0.39, 0.29) is 0 Å². The minimum Gasteiger partial charge on any atom is -0.497 e. The molecule has 16 heavy (non-hydrogen) atoms. The second-order valence-electron chi connectivity index (χ2n) is 3.02. The van der Waals surface area contributed by atoms with Crippen LogP contribution in [-0.2, 0) is 14.3 Å². The Morgan fingerprint density at radius 2 is 1.81 bits per heavy atom. The molecule has 0 unspecified atom stereocenters. The van der Waals surface area contributed by atoms with Gasteiger partial charge < -0.3 is 9.47 Å². The van der Waals surface area contributed by atoms with Crippen LogP contribution in [0.1, 0.15) is 12.5 Å². The Hall–Kier alpha value is -2.10. The number of hydrogen-bond acceptors (Lipinski definition) is 4. The monoisotopic (exact) mass is 220 g/mol. The van der Waals surface area contributed by atoms with Gasteiger partial charge in [0.1, 0.15) is 5.75 Å². The van der Waals surface area contributed by atoms with Gasteiger partial charge in [0.05, 0.1) is 7.11 Å². The molecular formula is C12H12O4. The topological polar surface area (TPSA) is 52.6 Å². The smallest absolute Gasteiger partial charge is 0.338 e. The van der Waals surface area contributed by atoms with Crippen molar-refractivity contribution in [2.75, 3.05) is 7.11 Å². The van der Waals surface area contributed by atoms with Crippen LogP contribution in [0.3, 0.4) is 0 Å². The molecule has 0 saturated carbocycles. The molecule has 0 spiro atoms. The van der Waals surface area contributed by atoms with Crippen molar-refractivity contribution in [3.63, 3.8) is 0 Å². The van der Waals surface area contributed by atoms with Gasteiger partial charge in [-0.25, -0.2) is 4.79 Å². The molecule has 1 rings (SSSR count). The second-order valence-corrected chi connectivity index (χ2v) is 3.02. The molecule has 0 saturated heterocycles. The fraction of sp³-hybridized carbons (Fsp3) is 0.167. The molecule has 0 fully saturated rings. The van der Waals surface area contributed by atoms with Crippen LogP contribution in [0, 0.1) is 0 Å². The van der Waals surface area contributed by atoms with E-state index in [2.05, 4.69) is 4.74 Å². The van der Waals surface area contributed by atoms with E-state index in [0.29, 0.717) is 0 Å². The van der Waals surface area contributed by atoms with Crippen LogP contribution in [0.2, 0.25) is 0 Å². The van der Waals surface area contributed by atoms with E-state index in [1.807, 2.05) is 0 Å². The summed E-state index contributed by atoms with van der Waals surface area (Å²) >= 11 is 0. The molecule has 4 heteroatoms. The highest BCUT2D eigenvalue weighted by Gasteiger charge is 2.00. The third-order valence-electron chi connectivity index (χ3n) is 1.77. The van der Waals surface area contributed by atoms with Gasteiger partial charge in [-0.1, -0.05) is 12.1 Å². The van der Waals surface area contributed by atoms with Crippen molar-refractivity contribution in [2.45, 2.75) is 6.92 Å². The number of ether oxygens (including phenoxy) is 2. The normalized spacial score (nSPS) is 10.1. The van der Waals surface area contributed by atoms with E-state index in [0.717, 1.165) is 11.3 Å². The predicted octanol–water partition coefficient (Wildman–Crippen LogP) is 1.80. The van der Waals surface area contributed by atoms with Crippen LogP contribution in [0.5, 0.6) is 5.75 Å². The van der Waals surface area contributed by atoms with Crippen molar-refractivity contribution in [2.24, 2.45) is 0 Å². The van der Waals surface area contributed by atoms with Crippen molar-refractivity contribution in [1.29, 1.82) is 0 Å². The summed E-state index contributed by atoms with van der Waals surface area (Å²) in [6.07, 6.45) is 2.76. The Labute approximate surface area is 93.5 Å². The first-order valence-electron chi connectivity index (χ1n) is 4.66. The summed E-state index contributed by atoms with van der Waals surface area (Å²) in [7, 11) is 1.58. The number of carbonyl (C=O) groups is 2. The summed E-state index contributed by atoms with van der Waals surface area (Å²) in [6, 6.07) is 7.12. The van der Waals surface area contributed by atoms with Crippen molar-refractivity contribution in [3.05, 3.63) is 35.9 Å². The number of carbonyl (C=O) groups excluding carboxylic acids is 2. The Balaban J connectivity index is 2.62. The maximum atomic E-state index is 11.0. The third-order valence-corrected chi connectivity index (χ3v) is 1.77. The molecule has 0 radical (unpaired) electrons. The molecule has 0 aliphatic heterocycles. The van der Waals surface area contributed by atoms with Gasteiger partial charge in [0.2, 0.25) is 0 Å². The van der Waals surface area contributed by atoms with Crippen LogP contribution >= 0.6 is 0 Å². The minimum atomic E-state index is -0.677. The van der Waals surface area contributed by atoms with Crippen LogP contribution in [-0.4, -0.2) is 19.0 Å². The van der Waals surface area contributed by atoms with Gasteiger partial charge in [0.25, 0.3) is 0 Å². The lowest BCUT2D eigenvalue weighted by Crippen LogP contribution is -2.05. The standard InChI is InChI=1S/C12H12O4/c1-9(13)16-12(14)8-5-10-3-6-11(15-2)7-4-10/h3-8H,1-2H3. The zero-order valence-corrected chi connectivity index (χ0v) is 9.10. The highest BCUT2D eigenvalue weighted by Crippen LogP contribution is 2.12. The van der Waals surface area contributed by atoms with Crippen LogP contribution in [0.15, 0.2) is 30.3 Å². The fourth-order valence-corrected chi connectivity index (χ4v) is 1.05. The highest BCUT2D eigenvalue weighted by atomic mass is 16.6. The van der Waals surface area contributed by atoms with Gasteiger partial charge in [-0.3, -0.25) is 4.79 Å². The maximum Gasteiger partial charge on any atom is 0.338 e. The lowest BCUT2D eigenvalue weighted by atomic mass is 10.2. The highest BCUT2D eigenvalue weighted by molar-refractivity contribution is 5.94. The summed E-state index contributed by atoms with van der Waals surface area (Å²) in [6.45, 7) is 1.18. The van der Waals surface area contributed by atoms with Crippen molar-refractivity contribution in [1.82, 2.24) is 0 Å². The van der Waals surface area contributed by atoms with Gasteiger partial charge in [0, 0.05) is 13.0 Å². The maximum absolute atomic E-state index is 11.0. The first-order valence-corrected chi connectivity index (χ1v) is 4.66. The third kappa shape index (κ3) is 3.96. The van der Waals surface area contributed by atoms with Crippen LogP contribution in [0.4, 0.5) is 0 Å². The first kappa shape index (κ1) is 12.0. The van der Waals surface area contributed by atoms with E-state index in [1.165, 1.54) is 13.0 Å². The molecule has 0 amide bonds. The molecule has 0 heterocycles. The molecule has 4 nitrogen and oxygen atoms in total. The number of hydrogen-bond donors (Lipinski definition) is 0. The molecule has 0 N–H and O–H groups in total. The zero-order chi connectivity index (χ0) is 12.0. The molecule has 0 aliphatic carbocycles. The van der Waals surface area contributed by atoms with E-state index < -0.39 is 11.9 Å². The Kier molecular flexibility index (Phi) is 4.27. The van der Waals surface area contributed by atoms with Crippen LogP contribution in [0.25, 0.3) is 6.08 Å². The van der Waals surface area contributed by atoms with Gasteiger partial charge in [0.15, 0.2) is 0 Å². The summed E-state index contributed by atoms with van der Waals surface area (Å²) < 4.78 is 9.31. The quantitative estimate of drug-likeness (QED) is 0.443. The largest absolute Gasteiger partial charge is 0.497 e.